The predicted octanol–water partition coefficient (Wildman–Crippen LogP) is 3.27. The molecule has 1 aromatic heterocycles. The second-order valence-corrected chi connectivity index (χ2v) is 7.73. The summed E-state index contributed by atoms with van der Waals surface area (Å²) in [6, 6.07) is 13.0. The van der Waals surface area contributed by atoms with E-state index in [1.165, 1.54) is 4.57 Å². The molecule has 3 aromatic rings. The number of hydrogen-bond acceptors (Lipinski definition) is 4. The van der Waals surface area contributed by atoms with Crippen LogP contribution in [0.25, 0.3) is 5.69 Å². The van der Waals surface area contributed by atoms with Crippen molar-refractivity contribution in [1.29, 1.82) is 0 Å². The molecule has 3 N–H and O–H groups in total. The van der Waals surface area contributed by atoms with Gasteiger partial charge in [0.15, 0.2) is 0 Å². The lowest BCUT2D eigenvalue weighted by molar-refractivity contribution is -0.118. The number of H-pyrrole nitrogens is 1. The molecule has 0 aliphatic rings. The fourth-order valence-electron chi connectivity index (χ4n) is 3.37. The van der Waals surface area contributed by atoms with E-state index in [0.29, 0.717) is 35.0 Å². The van der Waals surface area contributed by atoms with Crippen LogP contribution in [0.2, 0.25) is 0 Å². The van der Waals surface area contributed by atoms with Gasteiger partial charge in [0.05, 0.1) is 18.0 Å². The number of nitrogens with zero attached hydrogens (tertiary/aromatic N) is 1. The maximum absolute atomic E-state index is 13.1. The van der Waals surface area contributed by atoms with E-state index in [-0.39, 0.29) is 23.4 Å². The molecule has 0 saturated heterocycles. The van der Waals surface area contributed by atoms with Gasteiger partial charge in [-0.1, -0.05) is 26.0 Å². The van der Waals surface area contributed by atoms with Crippen LogP contribution in [0, 0.1) is 12.8 Å². The predicted molar refractivity (Wildman–Crippen MR) is 123 cm³/mol. The molecule has 0 spiro atoms. The Morgan fingerprint density at radius 1 is 1.09 bits per heavy atom. The fourth-order valence-corrected chi connectivity index (χ4v) is 3.37. The van der Waals surface area contributed by atoms with Crippen molar-refractivity contribution in [2.45, 2.75) is 33.7 Å². The summed E-state index contributed by atoms with van der Waals surface area (Å²) in [5.41, 5.74) is 1.87. The smallest absolute Gasteiger partial charge is 0.330 e. The number of ether oxygens (including phenoxy) is 1. The summed E-state index contributed by atoms with van der Waals surface area (Å²) < 4.78 is 6.89. The fraction of sp³-hybridized carbons (Fsp3) is 0.292. The van der Waals surface area contributed by atoms with Crippen LogP contribution < -0.4 is 21.1 Å². The molecule has 8 nitrogen and oxygen atoms in total. The molecular formula is C24H28N4O4. The number of carbonyl (C=O) groups excluding carboxylic acids is 2. The zero-order valence-corrected chi connectivity index (χ0v) is 18.6. The number of aromatic nitrogens is 2. The van der Waals surface area contributed by atoms with Gasteiger partial charge in [-0.2, -0.15) is 0 Å². The number of imidazole rings is 1. The first-order valence-corrected chi connectivity index (χ1v) is 10.5. The molecule has 0 bridgehead atoms. The summed E-state index contributed by atoms with van der Waals surface area (Å²) in [4.78, 5) is 40.7. The first kappa shape index (κ1) is 22.9. The summed E-state index contributed by atoms with van der Waals surface area (Å²) in [7, 11) is 0. The lowest BCUT2D eigenvalue weighted by atomic mass is 10.0. The molecule has 1 unspecified atom stereocenters. The number of para-hydroxylation sites is 2. The molecule has 0 aliphatic heterocycles. The second-order valence-electron chi connectivity index (χ2n) is 7.73. The van der Waals surface area contributed by atoms with Gasteiger partial charge in [-0.25, -0.2) is 4.79 Å². The lowest BCUT2D eigenvalue weighted by Crippen LogP contribution is -2.47. The maximum atomic E-state index is 13.1. The minimum absolute atomic E-state index is 0.162. The molecule has 32 heavy (non-hydrogen) atoms. The van der Waals surface area contributed by atoms with Gasteiger partial charge < -0.3 is 20.4 Å². The van der Waals surface area contributed by atoms with E-state index < -0.39 is 6.04 Å². The summed E-state index contributed by atoms with van der Waals surface area (Å²) in [6.07, 6.45) is 1.61. The molecule has 8 heteroatoms. The average Bonchev–Trinajstić information content (AvgIpc) is 3.10. The minimum Gasteiger partial charge on any atom is -0.494 e. The SMILES string of the molecule is CCOc1ccc(C(=O)NC(C(=O)Nc2ccccc2-n2c(C)c[nH]c2=O)C(C)C)cc1. The van der Waals surface area contributed by atoms with Gasteiger partial charge in [-0.3, -0.25) is 14.2 Å². The Balaban J connectivity index is 1.79. The first-order chi connectivity index (χ1) is 15.3. The number of carbonyl (C=O) groups is 2. The molecule has 0 fully saturated rings. The second kappa shape index (κ2) is 10.00. The molecular weight excluding hydrogens is 408 g/mol. The van der Waals surface area contributed by atoms with E-state index >= 15 is 0 Å². The summed E-state index contributed by atoms with van der Waals surface area (Å²) in [5, 5.41) is 5.68. The number of anilines is 1. The van der Waals surface area contributed by atoms with Crippen molar-refractivity contribution in [2.24, 2.45) is 5.92 Å². The Morgan fingerprint density at radius 2 is 1.78 bits per heavy atom. The lowest BCUT2D eigenvalue weighted by Gasteiger charge is -2.23. The molecule has 0 aliphatic carbocycles. The average molecular weight is 437 g/mol. The molecule has 2 amide bonds. The van der Waals surface area contributed by atoms with Gasteiger partial charge in [0.1, 0.15) is 11.8 Å². The highest BCUT2D eigenvalue weighted by Gasteiger charge is 2.26. The normalized spacial score (nSPS) is 11.8. The van der Waals surface area contributed by atoms with E-state index in [1.807, 2.05) is 20.8 Å². The number of amides is 2. The van der Waals surface area contributed by atoms with E-state index in [9.17, 15) is 14.4 Å². The van der Waals surface area contributed by atoms with Gasteiger partial charge in [-0.05, 0) is 56.2 Å². The minimum atomic E-state index is -0.772. The van der Waals surface area contributed by atoms with Crippen LogP contribution >= 0.6 is 0 Å². The number of nitrogens with one attached hydrogen (secondary N) is 3. The highest BCUT2D eigenvalue weighted by Crippen LogP contribution is 2.21. The van der Waals surface area contributed by atoms with Crippen LogP contribution in [0.1, 0.15) is 36.8 Å². The third-order valence-corrected chi connectivity index (χ3v) is 5.03. The van der Waals surface area contributed by atoms with Crippen LogP contribution in [0.4, 0.5) is 5.69 Å². The third kappa shape index (κ3) is 5.08. The number of hydrogen-bond donors (Lipinski definition) is 3. The summed E-state index contributed by atoms with van der Waals surface area (Å²) >= 11 is 0. The number of aryl methyl sites for hydroxylation is 1. The molecule has 0 radical (unpaired) electrons. The van der Waals surface area contributed by atoms with Crippen molar-refractivity contribution in [1.82, 2.24) is 14.9 Å². The zero-order chi connectivity index (χ0) is 23.3. The van der Waals surface area contributed by atoms with Crippen molar-refractivity contribution in [2.75, 3.05) is 11.9 Å². The largest absolute Gasteiger partial charge is 0.494 e. The Hall–Kier alpha value is -3.81. The molecule has 3 rings (SSSR count). The topological polar surface area (TPSA) is 105 Å². The standard InChI is InChI=1S/C24H28N4O4/c1-5-32-18-12-10-17(11-13-18)22(29)27-21(15(2)3)23(30)26-19-8-6-7-9-20(19)28-16(4)14-25-24(28)31/h6-15,21H,5H2,1-4H3,(H,25,31)(H,26,30)(H,27,29). The Bertz CT molecular complexity index is 1150. The number of aromatic amines is 1. The molecule has 0 saturated carbocycles. The maximum Gasteiger partial charge on any atom is 0.330 e. The van der Waals surface area contributed by atoms with Crippen LogP contribution in [-0.4, -0.2) is 34.0 Å². The molecule has 168 valence electrons. The summed E-state index contributed by atoms with van der Waals surface area (Å²) in [6.45, 7) is 7.94. The molecule has 1 atom stereocenters. The summed E-state index contributed by atoms with van der Waals surface area (Å²) in [5.74, 6) is -0.208. The van der Waals surface area contributed by atoms with E-state index in [2.05, 4.69) is 15.6 Å². The van der Waals surface area contributed by atoms with E-state index in [4.69, 9.17) is 4.74 Å². The monoisotopic (exact) mass is 436 g/mol. The highest BCUT2D eigenvalue weighted by molar-refractivity contribution is 6.02. The Kier molecular flexibility index (Phi) is 7.14. The van der Waals surface area contributed by atoms with E-state index in [0.717, 1.165) is 0 Å². The van der Waals surface area contributed by atoms with Gasteiger partial charge >= 0.3 is 5.69 Å². The number of benzene rings is 2. The first-order valence-electron chi connectivity index (χ1n) is 10.5. The Morgan fingerprint density at radius 3 is 2.38 bits per heavy atom. The van der Waals surface area contributed by atoms with Crippen molar-refractivity contribution >= 4 is 17.5 Å². The van der Waals surface area contributed by atoms with Crippen LogP contribution in [-0.2, 0) is 4.79 Å². The van der Waals surface area contributed by atoms with Gasteiger partial charge in [0, 0.05) is 17.5 Å². The van der Waals surface area contributed by atoms with E-state index in [1.54, 1.807) is 61.7 Å². The zero-order valence-electron chi connectivity index (χ0n) is 18.6. The number of rotatable bonds is 8. The van der Waals surface area contributed by atoms with Gasteiger partial charge in [0.25, 0.3) is 5.91 Å². The van der Waals surface area contributed by atoms with Crippen LogP contribution in [0.15, 0.2) is 59.5 Å². The van der Waals surface area contributed by atoms with Crippen molar-refractivity contribution in [3.05, 3.63) is 76.5 Å². The third-order valence-electron chi connectivity index (χ3n) is 5.03. The molecule has 1 heterocycles. The van der Waals surface area contributed by atoms with Gasteiger partial charge in [0.2, 0.25) is 5.91 Å². The highest BCUT2D eigenvalue weighted by atomic mass is 16.5. The van der Waals surface area contributed by atoms with Crippen molar-refractivity contribution in [3.8, 4) is 11.4 Å². The van der Waals surface area contributed by atoms with Crippen molar-refractivity contribution in [3.63, 3.8) is 0 Å². The van der Waals surface area contributed by atoms with Crippen LogP contribution in [0.3, 0.4) is 0 Å². The van der Waals surface area contributed by atoms with Crippen molar-refractivity contribution < 1.29 is 14.3 Å². The Labute approximate surface area is 186 Å². The quantitative estimate of drug-likeness (QED) is 0.504. The molecule has 2 aromatic carbocycles. The van der Waals surface area contributed by atoms with Gasteiger partial charge in [-0.15, -0.1) is 0 Å². The van der Waals surface area contributed by atoms with Crippen LogP contribution in [0.5, 0.6) is 5.75 Å².